The van der Waals surface area contributed by atoms with E-state index >= 15 is 0 Å². The topological polar surface area (TPSA) is 12.0 Å². The van der Waals surface area contributed by atoms with Gasteiger partial charge in [-0.3, -0.25) is 0 Å². The van der Waals surface area contributed by atoms with Gasteiger partial charge in [0.05, 0.1) is 0 Å². The first-order valence-corrected chi connectivity index (χ1v) is 7.03. The molecule has 4 unspecified atom stereocenters. The predicted molar refractivity (Wildman–Crippen MR) is 74.2 cm³/mol. The normalized spacial score (nSPS) is 35.3. The fourth-order valence-electron chi connectivity index (χ4n) is 3.90. The molecule has 0 aromatic heterocycles. The second kappa shape index (κ2) is 5.00. The average Bonchev–Trinajstić information content (AvgIpc) is 2.38. The predicted octanol–water partition coefficient (Wildman–Crippen LogP) is 3.95. The van der Waals surface area contributed by atoms with Crippen molar-refractivity contribution in [2.24, 2.45) is 11.3 Å². The molecule has 0 aliphatic heterocycles. The molecule has 1 aromatic rings. The van der Waals surface area contributed by atoms with E-state index in [1.807, 2.05) is 12.1 Å². The Morgan fingerprint density at radius 3 is 2.33 bits per heavy atom. The van der Waals surface area contributed by atoms with E-state index in [0.29, 0.717) is 17.9 Å². The second-order valence-corrected chi connectivity index (χ2v) is 5.78. The number of hydrogen-bond acceptors (Lipinski definition) is 1. The van der Waals surface area contributed by atoms with Crippen molar-refractivity contribution in [3.05, 3.63) is 35.6 Å². The third-order valence-corrected chi connectivity index (χ3v) is 4.89. The Labute approximate surface area is 110 Å². The smallest absolute Gasteiger partial charge is 0.123 e. The Balaban J connectivity index is 2.25. The van der Waals surface area contributed by atoms with Crippen LogP contribution in [0.1, 0.15) is 45.6 Å². The zero-order valence-electron chi connectivity index (χ0n) is 11.8. The molecular weight excluding hydrogens is 225 g/mol. The van der Waals surface area contributed by atoms with Gasteiger partial charge in [0.2, 0.25) is 0 Å². The Morgan fingerprint density at radius 1 is 1.22 bits per heavy atom. The molecule has 0 saturated heterocycles. The fourth-order valence-corrected chi connectivity index (χ4v) is 3.90. The highest BCUT2D eigenvalue weighted by atomic mass is 19.1. The second-order valence-electron chi connectivity index (χ2n) is 5.78. The van der Waals surface area contributed by atoms with Crippen molar-refractivity contribution >= 4 is 0 Å². The van der Waals surface area contributed by atoms with Crippen molar-refractivity contribution in [2.45, 2.75) is 46.1 Å². The highest BCUT2D eigenvalue weighted by molar-refractivity contribution is 5.30. The standard InChI is InChI=1S/C16H24FN/c1-5-16(4)14(11(3)15(16)18-6-2)12-7-9-13(17)10-8-12/h7-11,14-15,18H,5-6H2,1-4H3. The van der Waals surface area contributed by atoms with E-state index in [4.69, 9.17) is 0 Å². The molecule has 1 nitrogen and oxygen atoms in total. The van der Waals surface area contributed by atoms with E-state index in [-0.39, 0.29) is 11.2 Å². The highest BCUT2D eigenvalue weighted by Gasteiger charge is 2.55. The fraction of sp³-hybridized carbons (Fsp3) is 0.625. The first-order valence-electron chi connectivity index (χ1n) is 7.03. The van der Waals surface area contributed by atoms with Crippen LogP contribution in [0, 0.1) is 17.2 Å². The Hall–Kier alpha value is -0.890. The summed E-state index contributed by atoms with van der Waals surface area (Å²) in [6.07, 6.45) is 1.15. The zero-order chi connectivity index (χ0) is 13.3. The summed E-state index contributed by atoms with van der Waals surface area (Å²) in [4.78, 5) is 0. The Morgan fingerprint density at radius 2 is 1.83 bits per heavy atom. The van der Waals surface area contributed by atoms with Crippen molar-refractivity contribution in [1.82, 2.24) is 5.32 Å². The first kappa shape index (κ1) is 13.5. The van der Waals surface area contributed by atoms with Gasteiger partial charge in [-0.2, -0.15) is 0 Å². The van der Waals surface area contributed by atoms with Gasteiger partial charge >= 0.3 is 0 Å². The molecule has 0 heterocycles. The number of benzene rings is 1. The van der Waals surface area contributed by atoms with Gasteiger partial charge in [-0.05, 0) is 47.9 Å². The SMILES string of the molecule is CCNC1C(C)C(c2ccc(F)cc2)C1(C)CC. The molecule has 1 aliphatic rings. The monoisotopic (exact) mass is 249 g/mol. The van der Waals surface area contributed by atoms with Gasteiger partial charge in [-0.1, -0.05) is 39.8 Å². The summed E-state index contributed by atoms with van der Waals surface area (Å²) in [6.45, 7) is 10.1. The lowest BCUT2D eigenvalue weighted by molar-refractivity contribution is -0.0187. The molecule has 1 fully saturated rings. The van der Waals surface area contributed by atoms with Crippen LogP contribution in [0.25, 0.3) is 0 Å². The first-order chi connectivity index (χ1) is 8.54. The molecule has 0 bridgehead atoms. The molecule has 1 aliphatic carbocycles. The van der Waals surface area contributed by atoms with Crippen LogP contribution in [0.15, 0.2) is 24.3 Å². The summed E-state index contributed by atoms with van der Waals surface area (Å²) < 4.78 is 13.0. The zero-order valence-corrected chi connectivity index (χ0v) is 11.8. The highest BCUT2D eigenvalue weighted by Crippen LogP contribution is 2.58. The maximum atomic E-state index is 13.0. The van der Waals surface area contributed by atoms with E-state index in [0.717, 1.165) is 13.0 Å². The van der Waals surface area contributed by atoms with Crippen LogP contribution < -0.4 is 5.32 Å². The van der Waals surface area contributed by atoms with Crippen molar-refractivity contribution in [1.29, 1.82) is 0 Å². The maximum Gasteiger partial charge on any atom is 0.123 e. The molecule has 0 amide bonds. The molecule has 2 heteroatoms. The van der Waals surface area contributed by atoms with Crippen LogP contribution in [-0.2, 0) is 0 Å². The van der Waals surface area contributed by atoms with Crippen molar-refractivity contribution in [2.75, 3.05) is 6.54 Å². The summed E-state index contributed by atoms with van der Waals surface area (Å²) in [5.74, 6) is 1.000. The van der Waals surface area contributed by atoms with Crippen LogP contribution in [0.5, 0.6) is 0 Å². The maximum absolute atomic E-state index is 13.0. The lowest BCUT2D eigenvalue weighted by Gasteiger charge is -2.60. The van der Waals surface area contributed by atoms with Gasteiger partial charge in [-0.15, -0.1) is 0 Å². The van der Waals surface area contributed by atoms with Crippen LogP contribution in [-0.4, -0.2) is 12.6 Å². The Kier molecular flexibility index (Phi) is 3.76. The van der Waals surface area contributed by atoms with Crippen LogP contribution in [0.3, 0.4) is 0 Å². The Bertz CT molecular complexity index is 400. The summed E-state index contributed by atoms with van der Waals surface area (Å²) in [5.41, 5.74) is 1.56. The van der Waals surface area contributed by atoms with Gasteiger partial charge in [0.1, 0.15) is 5.82 Å². The molecule has 1 saturated carbocycles. The van der Waals surface area contributed by atoms with Crippen LogP contribution in [0.2, 0.25) is 0 Å². The van der Waals surface area contributed by atoms with E-state index in [9.17, 15) is 4.39 Å². The lowest BCUT2D eigenvalue weighted by Crippen LogP contribution is -2.62. The van der Waals surface area contributed by atoms with E-state index in [2.05, 4.69) is 33.0 Å². The number of halogens is 1. The molecule has 100 valence electrons. The van der Waals surface area contributed by atoms with E-state index in [1.54, 1.807) is 12.1 Å². The minimum Gasteiger partial charge on any atom is -0.313 e. The third kappa shape index (κ3) is 1.97. The van der Waals surface area contributed by atoms with Gasteiger partial charge in [0.15, 0.2) is 0 Å². The number of hydrogen-bond donors (Lipinski definition) is 1. The summed E-state index contributed by atoms with van der Waals surface area (Å²) >= 11 is 0. The average molecular weight is 249 g/mol. The molecule has 0 spiro atoms. The summed E-state index contributed by atoms with van der Waals surface area (Å²) in [7, 11) is 0. The van der Waals surface area contributed by atoms with Crippen molar-refractivity contribution in [3.8, 4) is 0 Å². The minimum atomic E-state index is -0.146. The lowest BCUT2D eigenvalue weighted by atomic mass is 9.48. The third-order valence-electron chi connectivity index (χ3n) is 4.89. The van der Waals surface area contributed by atoms with E-state index < -0.39 is 0 Å². The molecule has 18 heavy (non-hydrogen) atoms. The summed E-state index contributed by atoms with van der Waals surface area (Å²) in [5, 5.41) is 3.61. The van der Waals surface area contributed by atoms with E-state index in [1.165, 1.54) is 5.56 Å². The molecular formula is C16H24FN. The van der Waals surface area contributed by atoms with Gasteiger partial charge in [0.25, 0.3) is 0 Å². The molecule has 4 atom stereocenters. The van der Waals surface area contributed by atoms with Crippen LogP contribution >= 0.6 is 0 Å². The van der Waals surface area contributed by atoms with Gasteiger partial charge in [0, 0.05) is 6.04 Å². The van der Waals surface area contributed by atoms with Gasteiger partial charge < -0.3 is 5.32 Å². The molecule has 2 rings (SSSR count). The van der Waals surface area contributed by atoms with Crippen LogP contribution in [0.4, 0.5) is 4.39 Å². The summed E-state index contributed by atoms with van der Waals surface area (Å²) in [6, 6.07) is 7.64. The van der Waals surface area contributed by atoms with Crippen molar-refractivity contribution < 1.29 is 4.39 Å². The quantitative estimate of drug-likeness (QED) is 0.852. The van der Waals surface area contributed by atoms with Gasteiger partial charge in [-0.25, -0.2) is 4.39 Å². The molecule has 1 N–H and O–H groups in total. The number of nitrogens with one attached hydrogen (secondary N) is 1. The minimum absolute atomic E-state index is 0.146. The van der Waals surface area contributed by atoms with Crippen molar-refractivity contribution in [3.63, 3.8) is 0 Å². The largest absolute Gasteiger partial charge is 0.313 e. The number of rotatable bonds is 4. The molecule has 0 radical (unpaired) electrons. The molecule has 1 aromatic carbocycles.